The van der Waals surface area contributed by atoms with Crippen LogP contribution >= 0.6 is 0 Å². The number of nitrogens with zero attached hydrogens (tertiary/aromatic N) is 1. The zero-order valence-corrected chi connectivity index (χ0v) is 13.0. The van der Waals surface area contributed by atoms with Crippen molar-refractivity contribution in [1.29, 1.82) is 0 Å². The fourth-order valence-corrected chi connectivity index (χ4v) is 2.76. The summed E-state index contributed by atoms with van der Waals surface area (Å²) in [5, 5.41) is 12.9. The zero-order chi connectivity index (χ0) is 17.1. The second kappa shape index (κ2) is 6.50. The maximum atomic E-state index is 12.3. The van der Waals surface area contributed by atoms with Gasteiger partial charge in [-0.05, 0) is 28.0 Å². The quantitative estimate of drug-likeness (QED) is 0.413. The van der Waals surface area contributed by atoms with Gasteiger partial charge in [-0.2, -0.15) is 0 Å². The lowest BCUT2D eigenvalue weighted by atomic mass is 9.90. The van der Waals surface area contributed by atoms with E-state index in [0.29, 0.717) is 5.56 Å². The van der Waals surface area contributed by atoms with E-state index in [4.69, 9.17) is 4.74 Å². The smallest absolute Gasteiger partial charge is 0.317 e. The lowest BCUT2D eigenvalue weighted by Crippen LogP contribution is -2.15. The van der Waals surface area contributed by atoms with E-state index in [9.17, 15) is 14.9 Å². The molecule has 120 valence electrons. The van der Waals surface area contributed by atoms with E-state index >= 15 is 0 Å². The van der Waals surface area contributed by atoms with Crippen LogP contribution in [-0.2, 0) is 9.53 Å². The number of rotatable bonds is 4. The first-order chi connectivity index (χ1) is 11.6. The van der Waals surface area contributed by atoms with Crippen LogP contribution in [0.5, 0.6) is 0 Å². The summed E-state index contributed by atoms with van der Waals surface area (Å²) in [6.45, 7) is 0. The van der Waals surface area contributed by atoms with Gasteiger partial charge in [0.05, 0.1) is 12.0 Å². The molecule has 5 nitrogen and oxygen atoms in total. The molecule has 0 bridgehead atoms. The Morgan fingerprint density at radius 2 is 1.58 bits per heavy atom. The fraction of sp³-hybridized carbons (Fsp3) is 0.105. The molecule has 0 aliphatic heterocycles. The molecule has 1 atom stereocenters. The Morgan fingerprint density at radius 1 is 0.958 bits per heavy atom. The molecular weight excluding hydrogens is 306 g/mol. The van der Waals surface area contributed by atoms with Crippen molar-refractivity contribution in [2.45, 2.75) is 5.92 Å². The van der Waals surface area contributed by atoms with Gasteiger partial charge in [0.2, 0.25) is 0 Å². The summed E-state index contributed by atoms with van der Waals surface area (Å²) >= 11 is 0. The summed E-state index contributed by atoms with van der Waals surface area (Å²) in [5.41, 5.74) is 1.43. The highest BCUT2D eigenvalue weighted by atomic mass is 16.6. The zero-order valence-electron chi connectivity index (χ0n) is 13.0. The van der Waals surface area contributed by atoms with Crippen LogP contribution in [-0.4, -0.2) is 18.0 Å². The molecular formula is C19H15NO4. The van der Waals surface area contributed by atoms with E-state index in [0.717, 1.165) is 16.3 Å². The number of nitro benzene ring substituents is 1. The summed E-state index contributed by atoms with van der Waals surface area (Å²) in [7, 11) is 1.34. The fourth-order valence-electron chi connectivity index (χ4n) is 2.76. The van der Waals surface area contributed by atoms with Gasteiger partial charge in [0.25, 0.3) is 5.69 Å². The van der Waals surface area contributed by atoms with Crippen LogP contribution in [0, 0.1) is 10.1 Å². The average Bonchev–Trinajstić information content (AvgIpc) is 2.62. The number of nitro groups is 1. The number of carbonyl (C=O) groups excluding carboxylic acids is 1. The van der Waals surface area contributed by atoms with Gasteiger partial charge < -0.3 is 4.74 Å². The van der Waals surface area contributed by atoms with Gasteiger partial charge in [0.1, 0.15) is 5.92 Å². The van der Waals surface area contributed by atoms with Crippen molar-refractivity contribution >= 4 is 22.4 Å². The Bertz CT molecular complexity index is 903. The summed E-state index contributed by atoms with van der Waals surface area (Å²) in [6.07, 6.45) is 0. The number of methoxy groups -OCH3 is 1. The number of hydrogen-bond acceptors (Lipinski definition) is 4. The van der Waals surface area contributed by atoms with Crippen LogP contribution < -0.4 is 0 Å². The van der Waals surface area contributed by atoms with Crippen molar-refractivity contribution in [3.63, 3.8) is 0 Å². The topological polar surface area (TPSA) is 69.4 Å². The molecule has 0 aliphatic rings. The first-order valence-corrected chi connectivity index (χ1v) is 7.41. The molecule has 0 aliphatic carbocycles. The number of esters is 1. The molecule has 0 unspecified atom stereocenters. The van der Waals surface area contributed by atoms with Gasteiger partial charge in [-0.15, -0.1) is 0 Å². The van der Waals surface area contributed by atoms with Crippen molar-refractivity contribution in [1.82, 2.24) is 0 Å². The molecule has 0 fully saturated rings. The lowest BCUT2D eigenvalue weighted by Gasteiger charge is -2.16. The third-order valence-electron chi connectivity index (χ3n) is 3.98. The van der Waals surface area contributed by atoms with Crippen molar-refractivity contribution in [3.05, 3.63) is 88.0 Å². The van der Waals surface area contributed by atoms with E-state index in [-0.39, 0.29) is 5.69 Å². The van der Waals surface area contributed by atoms with E-state index in [1.807, 2.05) is 42.5 Å². The van der Waals surface area contributed by atoms with Crippen LogP contribution in [0.4, 0.5) is 5.69 Å². The molecule has 0 heterocycles. The Hall–Kier alpha value is -3.21. The summed E-state index contributed by atoms with van der Waals surface area (Å²) in [6, 6.07) is 19.6. The Balaban J connectivity index is 2.07. The third kappa shape index (κ3) is 2.96. The first kappa shape index (κ1) is 15.7. The Kier molecular flexibility index (Phi) is 4.24. The monoisotopic (exact) mass is 321 g/mol. The van der Waals surface area contributed by atoms with E-state index in [1.165, 1.54) is 19.2 Å². The van der Waals surface area contributed by atoms with Crippen molar-refractivity contribution in [3.8, 4) is 0 Å². The Labute approximate surface area is 138 Å². The molecule has 3 aromatic carbocycles. The molecule has 0 amide bonds. The molecule has 3 rings (SSSR count). The van der Waals surface area contributed by atoms with E-state index in [2.05, 4.69) is 0 Å². The van der Waals surface area contributed by atoms with Gasteiger partial charge in [-0.3, -0.25) is 14.9 Å². The average molecular weight is 321 g/mol. The first-order valence-electron chi connectivity index (χ1n) is 7.41. The van der Waals surface area contributed by atoms with Crippen LogP contribution in [0.25, 0.3) is 10.8 Å². The highest BCUT2D eigenvalue weighted by Crippen LogP contribution is 2.29. The van der Waals surface area contributed by atoms with Crippen LogP contribution in [0.1, 0.15) is 17.0 Å². The number of benzene rings is 3. The minimum absolute atomic E-state index is 0.0131. The Morgan fingerprint density at radius 3 is 2.21 bits per heavy atom. The van der Waals surface area contributed by atoms with Crippen LogP contribution in [0.2, 0.25) is 0 Å². The predicted octanol–water partition coefficient (Wildman–Crippen LogP) is 4.05. The highest BCUT2D eigenvalue weighted by molar-refractivity contribution is 5.87. The standard InChI is InChI=1S/C19H15NO4/c1-24-19(21)18(14-8-10-17(11-9-14)20(22)23)16-7-6-13-4-2-3-5-15(13)12-16/h2-12,18H,1H3/t18-/m1/s1. The lowest BCUT2D eigenvalue weighted by molar-refractivity contribution is -0.384. The number of carbonyl (C=O) groups is 1. The van der Waals surface area contributed by atoms with Crippen molar-refractivity contribution in [2.24, 2.45) is 0 Å². The maximum Gasteiger partial charge on any atom is 0.317 e. The van der Waals surface area contributed by atoms with Gasteiger partial charge in [-0.1, -0.05) is 48.5 Å². The molecule has 0 aromatic heterocycles. The normalized spacial score (nSPS) is 11.9. The van der Waals surface area contributed by atoms with Crippen molar-refractivity contribution < 1.29 is 14.5 Å². The van der Waals surface area contributed by atoms with E-state index in [1.54, 1.807) is 12.1 Å². The summed E-state index contributed by atoms with van der Waals surface area (Å²) in [5.74, 6) is -1.03. The number of non-ortho nitro benzene ring substituents is 1. The molecule has 0 spiro atoms. The van der Waals surface area contributed by atoms with Gasteiger partial charge in [0, 0.05) is 12.1 Å². The van der Waals surface area contributed by atoms with Crippen molar-refractivity contribution in [2.75, 3.05) is 7.11 Å². The minimum Gasteiger partial charge on any atom is -0.468 e. The van der Waals surface area contributed by atoms with Gasteiger partial charge in [0.15, 0.2) is 0 Å². The van der Waals surface area contributed by atoms with Gasteiger partial charge >= 0.3 is 5.97 Å². The second-order valence-electron chi connectivity index (χ2n) is 5.41. The number of fused-ring (bicyclic) bond motifs is 1. The molecule has 0 N–H and O–H groups in total. The minimum atomic E-state index is -0.625. The number of hydrogen-bond donors (Lipinski definition) is 0. The highest BCUT2D eigenvalue weighted by Gasteiger charge is 2.24. The molecule has 3 aromatic rings. The van der Waals surface area contributed by atoms with Crippen LogP contribution in [0.3, 0.4) is 0 Å². The molecule has 0 saturated carbocycles. The second-order valence-corrected chi connectivity index (χ2v) is 5.41. The molecule has 0 radical (unpaired) electrons. The number of ether oxygens (including phenoxy) is 1. The summed E-state index contributed by atoms with van der Waals surface area (Å²) in [4.78, 5) is 22.6. The van der Waals surface area contributed by atoms with Gasteiger partial charge in [-0.25, -0.2) is 0 Å². The molecule has 0 saturated heterocycles. The molecule has 5 heteroatoms. The molecule has 24 heavy (non-hydrogen) atoms. The SMILES string of the molecule is COC(=O)[C@H](c1ccc([N+](=O)[O-])cc1)c1ccc2ccccc2c1. The third-order valence-corrected chi connectivity index (χ3v) is 3.98. The largest absolute Gasteiger partial charge is 0.468 e. The maximum absolute atomic E-state index is 12.3. The van der Waals surface area contributed by atoms with Crippen LogP contribution in [0.15, 0.2) is 66.7 Å². The predicted molar refractivity (Wildman–Crippen MR) is 90.9 cm³/mol. The summed E-state index contributed by atoms with van der Waals surface area (Å²) < 4.78 is 4.94. The van der Waals surface area contributed by atoms with E-state index < -0.39 is 16.8 Å².